The van der Waals surface area contributed by atoms with Crippen molar-refractivity contribution in [2.75, 3.05) is 24.5 Å². The highest BCUT2D eigenvalue weighted by Crippen LogP contribution is 2.52. The molecule has 0 spiro atoms. The summed E-state index contributed by atoms with van der Waals surface area (Å²) >= 11 is 0. The fourth-order valence-electron chi connectivity index (χ4n) is 7.43. The number of piperazine rings is 1. The second-order valence-corrected chi connectivity index (χ2v) is 12.8. The van der Waals surface area contributed by atoms with Crippen LogP contribution in [-0.4, -0.2) is 52.7 Å². The summed E-state index contributed by atoms with van der Waals surface area (Å²) in [4.78, 5) is 27.8. The minimum atomic E-state index is -0.899. The van der Waals surface area contributed by atoms with Crippen LogP contribution in [0.4, 0.5) is 15.1 Å². The van der Waals surface area contributed by atoms with Crippen LogP contribution in [0.5, 0.6) is 0 Å². The molecule has 2 heterocycles. The molecule has 1 fully saturated rings. The molecule has 2 atom stereocenters. The highest BCUT2D eigenvalue weighted by molar-refractivity contribution is 5.82. The Bertz CT molecular complexity index is 1820. The van der Waals surface area contributed by atoms with Gasteiger partial charge in [-0.3, -0.25) is 4.90 Å². The number of aromatic nitrogens is 2. The number of benzene rings is 4. The molecule has 5 aromatic rings. The first-order chi connectivity index (χ1) is 22.9. The maximum atomic E-state index is 13.4. The number of unbranched alkanes of at least 4 members (excludes halogenated alkanes) is 1. The van der Waals surface area contributed by atoms with Crippen LogP contribution in [-0.2, 0) is 16.9 Å². The molecule has 1 aliphatic heterocycles. The smallest absolute Gasteiger partial charge is 0.408 e. The normalized spacial score (nSPS) is 18.5. The van der Waals surface area contributed by atoms with E-state index in [1.165, 1.54) is 12.1 Å². The van der Waals surface area contributed by atoms with Crippen LogP contribution in [0.1, 0.15) is 49.8 Å². The predicted molar refractivity (Wildman–Crippen MR) is 184 cm³/mol. The number of carbonyl (C=O) groups is 1. The van der Waals surface area contributed by atoms with Crippen LogP contribution in [0.15, 0.2) is 103 Å². The summed E-state index contributed by atoms with van der Waals surface area (Å²) in [7, 11) is 0. The minimum Gasteiger partial charge on any atom is -0.433 e. The maximum absolute atomic E-state index is 13.4. The molecule has 8 heteroatoms. The SMILES string of the molecule is C[C@@H]1CN(c2ncc3ccccc3n2)C[C@H](C)N1CCCCC1(OC(=O)NCc2ccc(F)cc2)c2ccccc2-c2ccccc21. The van der Waals surface area contributed by atoms with Crippen molar-refractivity contribution in [3.05, 3.63) is 126 Å². The molecule has 7 nitrogen and oxygen atoms in total. The Hall–Kier alpha value is -4.82. The number of amides is 1. The van der Waals surface area contributed by atoms with Gasteiger partial charge in [0.1, 0.15) is 5.82 Å². The lowest BCUT2D eigenvalue weighted by molar-refractivity contribution is 0.0317. The Morgan fingerprint density at radius 1 is 0.872 bits per heavy atom. The van der Waals surface area contributed by atoms with E-state index >= 15 is 0 Å². The van der Waals surface area contributed by atoms with Crippen LogP contribution >= 0.6 is 0 Å². The average molecular weight is 630 g/mol. The Morgan fingerprint density at radius 2 is 1.51 bits per heavy atom. The number of para-hydroxylation sites is 1. The van der Waals surface area contributed by atoms with Crippen molar-refractivity contribution in [1.29, 1.82) is 0 Å². The second kappa shape index (κ2) is 13.1. The first kappa shape index (κ1) is 30.8. The monoisotopic (exact) mass is 629 g/mol. The Labute approximate surface area is 275 Å². The van der Waals surface area contributed by atoms with Gasteiger partial charge in [-0.15, -0.1) is 0 Å². The van der Waals surface area contributed by atoms with E-state index in [1.807, 2.05) is 54.7 Å². The standard InChI is InChI=1S/C39H40FN5O2/c1-27-25-44(37-41-24-30-11-3-8-16-36(30)43-37)26-28(2)45(27)22-10-9-21-39(47-38(46)42-23-29-17-19-31(40)20-18-29)34-14-6-4-12-32(34)33-13-5-7-15-35(33)39/h3-8,11-20,24,27-28H,9-10,21-23,25-26H2,1-2H3,(H,42,46)/t27-,28+. The number of fused-ring (bicyclic) bond motifs is 4. The average Bonchev–Trinajstić information content (AvgIpc) is 3.36. The van der Waals surface area contributed by atoms with E-state index in [1.54, 1.807) is 12.1 Å². The number of anilines is 1. The largest absolute Gasteiger partial charge is 0.433 e. The molecule has 4 aromatic carbocycles. The molecule has 0 bridgehead atoms. The Balaban J connectivity index is 1.04. The molecule has 7 rings (SSSR count). The van der Waals surface area contributed by atoms with E-state index in [0.717, 1.165) is 77.1 Å². The van der Waals surface area contributed by atoms with Crippen molar-refractivity contribution in [3.8, 4) is 11.1 Å². The Kier molecular flexibility index (Phi) is 8.60. The van der Waals surface area contributed by atoms with Crippen LogP contribution in [0.3, 0.4) is 0 Å². The van der Waals surface area contributed by atoms with Crippen LogP contribution < -0.4 is 10.2 Å². The Morgan fingerprint density at radius 3 is 2.21 bits per heavy atom. The third-order valence-corrected chi connectivity index (χ3v) is 9.69. The van der Waals surface area contributed by atoms with E-state index in [9.17, 15) is 9.18 Å². The summed E-state index contributed by atoms with van der Waals surface area (Å²) in [5, 5.41) is 3.96. The van der Waals surface area contributed by atoms with Gasteiger partial charge in [0.15, 0.2) is 5.60 Å². The molecule has 1 aliphatic carbocycles. The van der Waals surface area contributed by atoms with Gasteiger partial charge in [-0.05, 0) is 74.5 Å². The van der Waals surface area contributed by atoms with Crippen molar-refractivity contribution >= 4 is 22.9 Å². The van der Waals surface area contributed by atoms with Crippen molar-refractivity contribution in [1.82, 2.24) is 20.2 Å². The number of halogens is 1. The molecule has 0 unspecified atom stereocenters. The molecule has 2 aliphatic rings. The van der Waals surface area contributed by atoms with Gasteiger partial charge in [-0.2, -0.15) is 0 Å². The third kappa shape index (κ3) is 6.17. The summed E-state index contributed by atoms with van der Waals surface area (Å²) in [6.45, 7) is 7.50. The van der Waals surface area contributed by atoms with Gasteiger partial charge < -0.3 is 15.0 Å². The summed E-state index contributed by atoms with van der Waals surface area (Å²) in [6, 6.07) is 31.4. The molecule has 1 N–H and O–H groups in total. The number of carbonyl (C=O) groups excluding carboxylic acids is 1. The van der Waals surface area contributed by atoms with Crippen LogP contribution in [0.25, 0.3) is 22.0 Å². The van der Waals surface area contributed by atoms with Gasteiger partial charge in [0.05, 0.1) is 5.52 Å². The molecular formula is C39H40FN5O2. The summed E-state index contributed by atoms with van der Waals surface area (Å²) in [5.41, 5.74) is 5.11. The lowest BCUT2D eigenvalue weighted by Crippen LogP contribution is -2.57. The third-order valence-electron chi connectivity index (χ3n) is 9.69. The van der Waals surface area contributed by atoms with E-state index in [0.29, 0.717) is 18.5 Å². The van der Waals surface area contributed by atoms with Gasteiger partial charge >= 0.3 is 6.09 Å². The van der Waals surface area contributed by atoms with Gasteiger partial charge in [0, 0.05) is 54.4 Å². The molecule has 0 saturated carbocycles. The number of rotatable bonds is 9. The number of nitrogens with one attached hydrogen (secondary N) is 1. The zero-order chi connectivity index (χ0) is 32.4. The highest BCUT2D eigenvalue weighted by atomic mass is 19.1. The van der Waals surface area contributed by atoms with E-state index < -0.39 is 11.7 Å². The molecule has 240 valence electrons. The van der Waals surface area contributed by atoms with Crippen molar-refractivity contribution in [3.63, 3.8) is 0 Å². The number of hydrogen-bond acceptors (Lipinski definition) is 6. The fraction of sp³-hybridized carbons (Fsp3) is 0.308. The number of alkyl carbamates (subject to hydrolysis) is 1. The first-order valence-electron chi connectivity index (χ1n) is 16.5. The number of nitrogens with zero attached hydrogens (tertiary/aromatic N) is 4. The van der Waals surface area contributed by atoms with Gasteiger partial charge in [-0.1, -0.05) is 78.9 Å². The molecule has 1 aromatic heterocycles. The second-order valence-electron chi connectivity index (χ2n) is 12.8. The van der Waals surface area contributed by atoms with Gasteiger partial charge in [0.25, 0.3) is 0 Å². The van der Waals surface area contributed by atoms with Crippen molar-refractivity contribution in [2.45, 2.75) is 57.3 Å². The van der Waals surface area contributed by atoms with Crippen LogP contribution in [0.2, 0.25) is 0 Å². The quantitative estimate of drug-likeness (QED) is 0.169. The topological polar surface area (TPSA) is 70.6 Å². The van der Waals surface area contributed by atoms with E-state index in [4.69, 9.17) is 9.72 Å². The first-order valence-corrected chi connectivity index (χ1v) is 16.5. The minimum absolute atomic E-state index is 0.254. The van der Waals surface area contributed by atoms with Gasteiger partial charge in [0.2, 0.25) is 5.95 Å². The zero-order valence-corrected chi connectivity index (χ0v) is 26.9. The summed E-state index contributed by atoms with van der Waals surface area (Å²) in [6.07, 6.45) is 3.93. The van der Waals surface area contributed by atoms with E-state index in [2.05, 4.69) is 58.2 Å². The summed E-state index contributed by atoms with van der Waals surface area (Å²) in [5.74, 6) is 0.483. The maximum Gasteiger partial charge on any atom is 0.408 e. The lowest BCUT2D eigenvalue weighted by atomic mass is 9.86. The molecular weight excluding hydrogens is 589 g/mol. The predicted octanol–water partition coefficient (Wildman–Crippen LogP) is 7.69. The highest BCUT2D eigenvalue weighted by Gasteiger charge is 2.46. The van der Waals surface area contributed by atoms with Crippen LogP contribution in [0, 0.1) is 5.82 Å². The van der Waals surface area contributed by atoms with E-state index in [-0.39, 0.29) is 12.4 Å². The number of hydrogen-bond donors (Lipinski definition) is 1. The molecule has 47 heavy (non-hydrogen) atoms. The molecule has 0 radical (unpaired) electrons. The fourth-order valence-corrected chi connectivity index (χ4v) is 7.43. The van der Waals surface area contributed by atoms with Gasteiger partial charge in [-0.25, -0.2) is 19.2 Å². The zero-order valence-electron chi connectivity index (χ0n) is 26.9. The summed E-state index contributed by atoms with van der Waals surface area (Å²) < 4.78 is 19.9. The number of ether oxygens (including phenoxy) is 1. The lowest BCUT2D eigenvalue weighted by Gasteiger charge is -2.44. The molecule has 1 amide bonds. The van der Waals surface area contributed by atoms with Crippen molar-refractivity contribution < 1.29 is 13.9 Å². The van der Waals surface area contributed by atoms with Crippen molar-refractivity contribution in [2.24, 2.45) is 0 Å². The molecule has 1 saturated heterocycles.